The summed E-state index contributed by atoms with van der Waals surface area (Å²) in [6.07, 6.45) is 3.38. The van der Waals surface area contributed by atoms with Crippen LogP contribution in [0.1, 0.15) is 30.0 Å². The summed E-state index contributed by atoms with van der Waals surface area (Å²) < 4.78 is 5.97. The van der Waals surface area contributed by atoms with Crippen molar-refractivity contribution in [2.24, 2.45) is 5.92 Å². The van der Waals surface area contributed by atoms with Gasteiger partial charge in [0.15, 0.2) is 0 Å². The Morgan fingerprint density at radius 2 is 1.89 bits per heavy atom. The molecule has 9 heteroatoms. The van der Waals surface area contributed by atoms with Gasteiger partial charge >= 0.3 is 6.03 Å². The highest BCUT2D eigenvalue weighted by atomic mass is 32.2. The van der Waals surface area contributed by atoms with Crippen molar-refractivity contribution in [2.45, 2.75) is 36.2 Å². The molecule has 36 heavy (non-hydrogen) atoms. The van der Waals surface area contributed by atoms with E-state index in [0.29, 0.717) is 5.75 Å². The van der Waals surface area contributed by atoms with Crippen molar-refractivity contribution in [1.82, 2.24) is 20.9 Å². The fourth-order valence-corrected chi connectivity index (χ4v) is 6.32. The van der Waals surface area contributed by atoms with Gasteiger partial charge in [0.25, 0.3) is 0 Å². The second kappa shape index (κ2) is 9.48. The number of urea groups is 1. The lowest BCUT2D eigenvalue weighted by Crippen LogP contribution is -2.50. The van der Waals surface area contributed by atoms with Gasteiger partial charge in [0, 0.05) is 17.7 Å². The summed E-state index contributed by atoms with van der Waals surface area (Å²) in [5.41, 5.74) is 3.41. The van der Waals surface area contributed by atoms with Crippen molar-refractivity contribution in [3.63, 3.8) is 0 Å². The quantitative estimate of drug-likeness (QED) is 0.472. The molecule has 2 unspecified atom stereocenters. The number of nitrogens with zero attached hydrogens (tertiary/aromatic N) is 2. The van der Waals surface area contributed by atoms with Crippen molar-refractivity contribution in [3.05, 3.63) is 71.9 Å². The third-order valence-electron chi connectivity index (χ3n) is 6.89. The van der Waals surface area contributed by atoms with Crippen LogP contribution in [0.2, 0.25) is 0 Å². The number of thioether (sulfide) groups is 1. The van der Waals surface area contributed by atoms with Crippen molar-refractivity contribution < 1.29 is 14.3 Å². The Hall–Kier alpha value is -3.56. The molecule has 6 rings (SSSR count). The minimum Gasteiger partial charge on any atom is -0.457 e. The molecule has 3 amide bonds. The highest BCUT2D eigenvalue weighted by molar-refractivity contribution is 8.00. The molecular formula is C27H27N5O3S. The Morgan fingerprint density at radius 3 is 2.67 bits per heavy atom. The average molecular weight is 502 g/mol. The summed E-state index contributed by atoms with van der Waals surface area (Å²) in [6, 6.07) is 16.6. The number of hydrogen-bond acceptors (Lipinski definition) is 6. The first kappa shape index (κ1) is 22.9. The standard InChI is InChI=1S/C27H27N5O3S/c1-16-15-19(35-18-5-3-2-4-6-18)7-8-20(16)32-21-11-14-29-25-22(21)23(30-27(32)34)26(36-25)31-24(33)17-9-12-28-13-10-17/h2-8,11,14-15,17,23,26,28H,9-10,12-13H2,1H3,(H,30,34)(H,31,33). The number of aryl methyl sites for hydroxylation is 1. The Balaban J connectivity index is 1.26. The molecule has 0 spiro atoms. The highest BCUT2D eigenvalue weighted by Crippen LogP contribution is 2.50. The minimum atomic E-state index is -0.330. The summed E-state index contributed by atoms with van der Waals surface area (Å²) >= 11 is 1.50. The number of nitrogens with one attached hydrogen (secondary N) is 3. The lowest BCUT2D eigenvalue weighted by molar-refractivity contribution is -0.126. The molecule has 1 aromatic heterocycles. The second-order valence-corrected chi connectivity index (χ2v) is 10.4. The highest BCUT2D eigenvalue weighted by Gasteiger charge is 2.45. The van der Waals surface area contributed by atoms with Crippen LogP contribution < -0.4 is 25.6 Å². The van der Waals surface area contributed by atoms with Crippen LogP contribution in [0.5, 0.6) is 11.5 Å². The number of amides is 3. The van der Waals surface area contributed by atoms with Crippen LogP contribution in [0, 0.1) is 12.8 Å². The molecule has 0 radical (unpaired) electrons. The predicted octanol–water partition coefficient (Wildman–Crippen LogP) is 4.63. The van der Waals surface area contributed by atoms with E-state index in [1.54, 1.807) is 11.1 Å². The van der Waals surface area contributed by atoms with Gasteiger partial charge in [0.05, 0.1) is 17.4 Å². The Labute approximate surface area is 213 Å². The summed E-state index contributed by atoms with van der Waals surface area (Å²) in [4.78, 5) is 32.6. The largest absolute Gasteiger partial charge is 0.457 e. The summed E-state index contributed by atoms with van der Waals surface area (Å²) in [5.74, 6) is 1.50. The normalized spacial score (nSPS) is 21.0. The monoisotopic (exact) mass is 501 g/mol. The molecule has 0 saturated carbocycles. The fourth-order valence-electron chi connectivity index (χ4n) is 5.08. The number of hydrogen-bond donors (Lipinski definition) is 3. The van der Waals surface area contributed by atoms with Crippen LogP contribution in [0.4, 0.5) is 16.2 Å². The zero-order valence-electron chi connectivity index (χ0n) is 19.9. The van der Waals surface area contributed by atoms with Gasteiger partial charge in [-0.25, -0.2) is 9.78 Å². The second-order valence-electron chi connectivity index (χ2n) is 9.25. The molecular weight excluding hydrogens is 474 g/mol. The van der Waals surface area contributed by atoms with E-state index in [0.717, 1.165) is 59.2 Å². The molecule has 184 valence electrons. The molecule has 4 heterocycles. The van der Waals surface area contributed by atoms with Crippen molar-refractivity contribution >= 4 is 35.1 Å². The maximum absolute atomic E-state index is 13.4. The van der Waals surface area contributed by atoms with E-state index in [2.05, 4.69) is 20.9 Å². The lowest BCUT2D eigenvalue weighted by Gasteiger charge is -2.35. The van der Waals surface area contributed by atoms with E-state index in [4.69, 9.17) is 4.74 Å². The van der Waals surface area contributed by atoms with Crippen molar-refractivity contribution in [1.29, 1.82) is 0 Å². The minimum absolute atomic E-state index is 0.00180. The molecule has 3 aromatic rings. The van der Waals surface area contributed by atoms with Crippen LogP contribution >= 0.6 is 11.8 Å². The number of benzene rings is 2. The number of aromatic nitrogens is 1. The Morgan fingerprint density at radius 1 is 1.08 bits per heavy atom. The SMILES string of the molecule is Cc1cc(Oc2ccccc2)ccc1N1C(=O)NC2c3c1ccnc3SC2NC(=O)C1CCNCC1. The fraction of sp³-hybridized carbons (Fsp3) is 0.296. The maximum atomic E-state index is 13.4. The molecule has 3 N–H and O–H groups in total. The Kier molecular flexibility index (Phi) is 6.02. The lowest BCUT2D eigenvalue weighted by atomic mass is 9.96. The molecule has 0 aliphatic carbocycles. The maximum Gasteiger partial charge on any atom is 0.327 e. The van der Waals surface area contributed by atoms with Gasteiger partial charge < -0.3 is 20.7 Å². The molecule has 2 aromatic carbocycles. The van der Waals surface area contributed by atoms with Crippen LogP contribution in [-0.2, 0) is 4.79 Å². The van der Waals surface area contributed by atoms with Crippen LogP contribution in [0.15, 0.2) is 65.8 Å². The van der Waals surface area contributed by atoms with Crippen LogP contribution in [-0.4, -0.2) is 35.4 Å². The topological polar surface area (TPSA) is 95.6 Å². The van der Waals surface area contributed by atoms with Gasteiger partial charge in [-0.3, -0.25) is 9.69 Å². The van der Waals surface area contributed by atoms with Crippen molar-refractivity contribution in [3.8, 4) is 11.5 Å². The molecule has 1 fully saturated rings. The number of piperidine rings is 1. The zero-order chi connectivity index (χ0) is 24.6. The number of carbonyl (C=O) groups excluding carboxylic acids is 2. The predicted molar refractivity (Wildman–Crippen MR) is 139 cm³/mol. The van der Waals surface area contributed by atoms with Gasteiger partial charge in [-0.05, 0) is 74.8 Å². The number of anilines is 2. The first-order chi connectivity index (χ1) is 17.6. The van der Waals surface area contributed by atoms with E-state index in [-0.39, 0.29) is 29.3 Å². The third kappa shape index (κ3) is 4.18. The zero-order valence-corrected chi connectivity index (χ0v) is 20.7. The number of carbonyl (C=O) groups is 2. The molecule has 2 atom stereocenters. The van der Waals surface area contributed by atoms with Crippen LogP contribution in [0.3, 0.4) is 0 Å². The van der Waals surface area contributed by atoms with Gasteiger partial charge in [-0.1, -0.05) is 30.0 Å². The Bertz CT molecular complexity index is 1310. The number of pyridine rings is 1. The molecule has 3 aliphatic heterocycles. The summed E-state index contributed by atoms with van der Waals surface area (Å²) in [6.45, 7) is 3.67. The summed E-state index contributed by atoms with van der Waals surface area (Å²) in [7, 11) is 0. The number of rotatable bonds is 5. The third-order valence-corrected chi connectivity index (χ3v) is 8.08. The first-order valence-electron chi connectivity index (χ1n) is 12.2. The number of ether oxygens (including phenoxy) is 1. The average Bonchev–Trinajstić information content (AvgIpc) is 3.24. The first-order valence-corrected chi connectivity index (χ1v) is 13.1. The van der Waals surface area contributed by atoms with E-state index in [1.807, 2.05) is 61.5 Å². The number of para-hydroxylation sites is 1. The van der Waals surface area contributed by atoms with Gasteiger partial charge in [0.2, 0.25) is 5.91 Å². The smallest absolute Gasteiger partial charge is 0.327 e. The molecule has 0 bridgehead atoms. The van der Waals surface area contributed by atoms with E-state index in [1.165, 1.54) is 11.8 Å². The molecule has 1 saturated heterocycles. The van der Waals surface area contributed by atoms with E-state index >= 15 is 0 Å². The molecule has 8 nitrogen and oxygen atoms in total. The van der Waals surface area contributed by atoms with Gasteiger partial charge in [-0.15, -0.1) is 0 Å². The molecule has 3 aliphatic rings. The van der Waals surface area contributed by atoms with Gasteiger partial charge in [-0.2, -0.15) is 0 Å². The van der Waals surface area contributed by atoms with Crippen LogP contribution in [0.25, 0.3) is 0 Å². The van der Waals surface area contributed by atoms with Gasteiger partial charge in [0.1, 0.15) is 21.9 Å². The summed E-state index contributed by atoms with van der Waals surface area (Å²) in [5, 5.41) is 10.2. The van der Waals surface area contributed by atoms with Crippen molar-refractivity contribution in [2.75, 3.05) is 18.0 Å². The van der Waals surface area contributed by atoms with E-state index < -0.39 is 0 Å². The van der Waals surface area contributed by atoms with E-state index in [9.17, 15) is 9.59 Å².